The van der Waals surface area contributed by atoms with Crippen LogP contribution in [0.5, 0.6) is 0 Å². The predicted molar refractivity (Wildman–Crippen MR) is 134 cm³/mol. The van der Waals surface area contributed by atoms with Crippen molar-refractivity contribution >= 4 is 34.7 Å². The molecule has 0 aliphatic carbocycles. The number of likely N-dealkylation sites (tertiary alicyclic amines) is 1. The smallest absolute Gasteiger partial charge is 0.382 e. The molecule has 2 atom stereocenters. The zero-order valence-electron chi connectivity index (χ0n) is 20.5. The molecule has 4 heterocycles. The number of aromatic nitrogens is 4. The van der Waals surface area contributed by atoms with Crippen LogP contribution in [0.1, 0.15) is 32.0 Å². The number of hydrogen-bond donors (Lipinski definition) is 2. The molecule has 1 aliphatic heterocycles. The molecule has 0 bridgehead atoms. The fraction of sp³-hybridized carbons (Fsp3) is 0.240. The van der Waals surface area contributed by atoms with Crippen LogP contribution in [0.4, 0.5) is 27.8 Å². The highest BCUT2D eigenvalue weighted by molar-refractivity contribution is 6.30. The van der Waals surface area contributed by atoms with Crippen molar-refractivity contribution < 1.29 is 31.5 Å². The summed E-state index contributed by atoms with van der Waals surface area (Å²) >= 11 is 5.79. The Labute approximate surface area is 227 Å². The van der Waals surface area contributed by atoms with Crippen LogP contribution < -0.4 is 11.1 Å². The monoisotopic (exact) mass is 579 g/mol. The van der Waals surface area contributed by atoms with Gasteiger partial charge in [-0.2, -0.15) is 18.3 Å². The molecule has 0 unspecified atom stereocenters. The van der Waals surface area contributed by atoms with Crippen molar-refractivity contribution in [3.05, 3.63) is 76.1 Å². The number of aryl methyl sites for hydroxylation is 1. The molecule has 1 saturated heterocycles. The largest absolute Gasteiger partial charge is 0.418 e. The Morgan fingerprint density at radius 2 is 1.90 bits per heavy atom. The molecule has 1 aromatic carbocycles. The maximum atomic E-state index is 15.1. The molecule has 1 aliphatic rings. The Hall–Kier alpha value is -4.33. The van der Waals surface area contributed by atoms with Gasteiger partial charge in [-0.25, -0.2) is 23.3 Å². The fourth-order valence-corrected chi connectivity index (χ4v) is 4.68. The van der Waals surface area contributed by atoms with Gasteiger partial charge in [-0.1, -0.05) is 11.6 Å². The quantitative estimate of drug-likeness (QED) is 0.352. The number of hydrogen-bond acceptors (Lipinski definition) is 6. The molecule has 1 fully saturated rings. The van der Waals surface area contributed by atoms with E-state index in [4.69, 9.17) is 17.3 Å². The van der Waals surface area contributed by atoms with Gasteiger partial charge in [-0.05, 0) is 42.8 Å². The van der Waals surface area contributed by atoms with Gasteiger partial charge in [0.2, 0.25) is 0 Å². The number of alkyl halides is 4. The maximum absolute atomic E-state index is 15.1. The minimum Gasteiger partial charge on any atom is -0.382 e. The van der Waals surface area contributed by atoms with E-state index in [9.17, 15) is 27.2 Å². The molecule has 3 N–H and O–H groups in total. The van der Waals surface area contributed by atoms with E-state index in [0.717, 1.165) is 23.0 Å². The number of carbonyl (C=O) groups excluding carboxylic acids is 2. The molecule has 3 aromatic heterocycles. The Balaban J connectivity index is 1.44. The number of rotatable bonds is 4. The number of nitrogens with one attached hydrogen (secondary N) is 1. The van der Waals surface area contributed by atoms with Crippen LogP contribution in [0.15, 0.2) is 42.9 Å². The normalized spacial score (nSPS) is 17.4. The summed E-state index contributed by atoms with van der Waals surface area (Å²) in [6.07, 6.45) is -4.28. The summed E-state index contributed by atoms with van der Waals surface area (Å²) in [6.45, 7) is 0.944. The Morgan fingerprint density at radius 1 is 1.15 bits per heavy atom. The number of pyridine rings is 1. The molecule has 0 saturated carbocycles. The minimum atomic E-state index is -4.85. The van der Waals surface area contributed by atoms with Gasteiger partial charge in [0.25, 0.3) is 11.8 Å². The number of nitrogens with two attached hydrogens (primary N) is 1. The summed E-state index contributed by atoms with van der Waals surface area (Å²) in [4.78, 5) is 34.6. The van der Waals surface area contributed by atoms with Gasteiger partial charge < -0.3 is 16.0 Å². The van der Waals surface area contributed by atoms with Crippen molar-refractivity contribution in [2.75, 3.05) is 18.8 Å². The van der Waals surface area contributed by atoms with Gasteiger partial charge in [-0.15, -0.1) is 0 Å². The lowest BCUT2D eigenvalue weighted by Crippen LogP contribution is -2.42. The van der Waals surface area contributed by atoms with E-state index >= 15 is 4.39 Å². The molecule has 208 valence electrons. The van der Waals surface area contributed by atoms with Gasteiger partial charge in [0.05, 0.1) is 28.9 Å². The van der Waals surface area contributed by atoms with Crippen LogP contribution in [0.2, 0.25) is 5.02 Å². The number of nitrogens with zero attached hydrogens (tertiary/aromatic N) is 5. The Bertz CT molecular complexity index is 1640. The van der Waals surface area contributed by atoms with Crippen molar-refractivity contribution in [1.29, 1.82) is 0 Å². The summed E-state index contributed by atoms with van der Waals surface area (Å²) in [5.74, 6) is -2.76. The third-order valence-corrected chi connectivity index (χ3v) is 6.75. The highest BCUT2D eigenvalue weighted by atomic mass is 35.5. The Kier molecular flexibility index (Phi) is 6.82. The highest BCUT2D eigenvalue weighted by Gasteiger charge is 2.39. The van der Waals surface area contributed by atoms with E-state index in [1.54, 1.807) is 0 Å². The summed E-state index contributed by atoms with van der Waals surface area (Å²) in [5, 5.41) is 6.62. The zero-order chi connectivity index (χ0) is 28.9. The third kappa shape index (κ3) is 4.90. The SMILES string of the molecule is Cc1cc(F)c(-c2cc(C(F)(F)F)c3c(N)ncnn23)cc1C(=O)N[C@@H]1CN(C(=O)c2ccc(Cl)cn2)C[C@@H]1F. The van der Waals surface area contributed by atoms with E-state index in [0.29, 0.717) is 11.1 Å². The maximum Gasteiger partial charge on any atom is 0.418 e. The number of carbonyl (C=O) groups is 2. The second kappa shape index (κ2) is 10.0. The van der Waals surface area contributed by atoms with Gasteiger partial charge in [0.1, 0.15) is 29.5 Å². The van der Waals surface area contributed by atoms with Crippen LogP contribution in [-0.4, -0.2) is 61.6 Å². The van der Waals surface area contributed by atoms with Crippen molar-refractivity contribution in [1.82, 2.24) is 29.8 Å². The first-order valence-electron chi connectivity index (χ1n) is 11.7. The second-order valence-corrected chi connectivity index (χ2v) is 9.60. The molecule has 0 spiro atoms. The second-order valence-electron chi connectivity index (χ2n) is 9.16. The molecule has 4 aromatic rings. The summed E-state index contributed by atoms with van der Waals surface area (Å²) in [6, 6.07) is 4.45. The van der Waals surface area contributed by atoms with Crippen LogP contribution in [0.25, 0.3) is 16.8 Å². The first-order chi connectivity index (χ1) is 18.8. The van der Waals surface area contributed by atoms with E-state index in [2.05, 4.69) is 20.4 Å². The Morgan fingerprint density at radius 3 is 2.58 bits per heavy atom. The number of halogens is 6. The average Bonchev–Trinajstić information content (AvgIpc) is 3.46. The minimum absolute atomic E-state index is 0.0460. The molecular formula is C25H19ClF5N7O2. The average molecular weight is 580 g/mol. The van der Waals surface area contributed by atoms with E-state index in [1.807, 2.05) is 0 Å². The van der Waals surface area contributed by atoms with E-state index in [1.165, 1.54) is 30.2 Å². The topological polar surface area (TPSA) is 119 Å². The molecule has 0 radical (unpaired) electrons. The fourth-order valence-electron chi connectivity index (χ4n) is 4.57. The van der Waals surface area contributed by atoms with E-state index < -0.39 is 52.9 Å². The number of anilines is 1. The standard InChI is InChI=1S/C25H19ClF5N7O2/c1-11-4-16(27)14(20-6-15(25(29,30)31)21-22(32)34-10-35-38(20)21)5-13(11)23(39)36-19-9-37(8-17(19)28)24(40)18-3-2-12(26)7-33-18/h2-7,10,17,19H,8-9H2,1H3,(H,36,39)(H2,32,34,35)/t17-,19+/m0/s1. The van der Waals surface area contributed by atoms with E-state index in [-0.39, 0.29) is 41.2 Å². The van der Waals surface area contributed by atoms with Crippen molar-refractivity contribution in [2.45, 2.75) is 25.3 Å². The van der Waals surface area contributed by atoms with Gasteiger partial charge in [0, 0.05) is 23.9 Å². The number of amides is 2. The van der Waals surface area contributed by atoms with Crippen molar-refractivity contribution in [3.8, 4) is 11.3 Å². The molecule has 40 heavy (non-hydrogen) atoms. The first-order valence-corrected chi connectivity index (χ1v) is 12.1. The van der Waals surface area contributed by atoms with Crippen molar-refractivity contribution in [3.63, 3.8) is 0 Å². The lowest BCUT2D eigenvalue weighted by Gasteiger charge is -2.17. The molecule has 5 rings (SSSR count). The summed E-state index contributed by atoms with van der Waals surface area (Å²) in [7, 11) is 0. The van der Waals surface area contributed by atoms with Gasteiger partial charge in [0.15, 0.2) is 5.82 Å². The summed E-state index contributed by atoms with van der Waals surface area (Å²) < 4.78 is 71.9. The number of nitrogen functional groups attached to an aromatic ring is 1. The lowest BCUT2D eigenvalue weighted by atomic mass is 10.0. The van der Waals surface area contributed by atoms with Gasteiger partial charge >= 0.3 is 6.18 Å². The van der Waals surface area contributed by atoms with Crippen LogP contribution in [0, 0.1) is 12.7 Å². The van der Waals surface area contributed by atoms with Gasteiger partial charge in [-0.3, -0.25) is 9.59 Å². The highest BCUT2D eigenvalue weighted by Crippen LogP contribution is 2.39. The number of fused-ring (bicyclic) bond motifs is 1. The molecule has 15 heteroatoms. The molecular weight excluding hydrogens is 561 g/mol. The molecule has 9 nitrogen and oxygen atoms in total. The zero-order valence-corrected chi connectivity index (χ0v) is 21.3. The summed E-state index contributed by atoms with van der Waals surface area (Å²) in [5.41, 5.74) is 3.31. The predicted octanol–water partition coefficient (Wildman–Crippen LogP) is 4.09. The van der Waals surface area contributed by atoms with Crippen LogP contribution in [0.3, 0.4) is 0 Å². The number of benzene rings is 1. The van der Waals surface area contributed by atoms with Crippen LogP contribution in [-0.2, 0) is 6.18 Å². The lowest BCUT2D eigenvalue weighted by molar-refractivity contribution is -0.136. The molecule has 2 amide bonds. The van der Waals surface area contributed by atoms with Crippen LogP contribution >= 0.6 is 11.6 Å². The first kappa shape index (κ1) is 27.2. The third-order valence-electron chi connectivity index (χ3n) is 6.52. The van der Waals surface area contributed by atoms with Crippen molar-refractivity contribution in [2.24, 2.45) is 0 Å².